The third-order valence-corrected chi connectivity index (χ3v) is 4.46. The van der Waals surface area contributed by atoms with E-state index in [1.165, 1.54) is 0 Å². The molecule has 0 spiro atoms. The number of hydrogen-bond acceptors (Lipinski definition) is 2. The Hall–Kier alpha value is -0.200. The summed E-state index contributed by atoms with van der Waals surface area (Å²) in [5.74, 6) is -4.91. The second kappa shape index (κ2) is 11.4. The first-order valence-electron chi connectivity index (χ1n) is 7.84. The number of allylic oxidation sites excluding steroid dienone is 1. The Morgan fingerprint density at radius 3 is 2.00 bits per heavy atom. The Balaban J connectivity index is 5.08. The summed E-state index contributed by atoms with van der Waals surface area (Å²) >= 11 is 1.97. The molecule has 0 aliphatic rings. The first kappa shape index (κ1) is 20.8. The predicted octanol–water partition coefficient (Wildman–Crippen LogP) is 6.03. The van der Waals surface area contributed by atoms with E-state index in [2.05, 4.69) is 11.7 Å². The molecular weight excluding hydrogens is 389 g/mol. The maximum Gasteiger partial charge on any atom is 0.381 e. The highest BCUT2D eigenvalue weighted by atomic mass is 127. The van der Waals surface area contributed by atoms with E-state index in [1.807, 2.05) is 29.5 Å². The molecule has 0 saturated carbocycles. The Morgan fingerprint density at radius 1 is 1.00 bits per heavy atom. The average Bonchev–Trinajstić information content (AvgIpc) is 2.43. The summed E-state index contributed by atoms with van der Waals surface area (Å²) in [6.45, 7) is 5.62. The fourth-order valence-corrected chi connectivity index (χ4v) is 3.03. The van der Waals surface area contributed by atoms with Gasteiger partial charge in [-0.25, -0.2) is 4.79 Å². The lowest BCUT2D eigenvalue weighted by Crippen LogP contribution is -2.33. The van der Waals surface area contributed by atoms with Crippen molar-refractivity contribution in [1.29, 1.82) is 0 Å². The van der Waals surface area contributed by atoms with Gasteiger partial charge in [0.1, 0.15) is 0 Å². The van der Waals surface area contributed by atoms with Crippen molar-refractivity contribution < 1.29 is 18.3 Å². The van der Waals surface area contributed by atoms with Crippen molar-refractivity contribution in [2.24, 2.45) is 0 Å². The summed E-state index contributed by atoms with van der Waals surface area (Å²) in [5.41, 5.74) is -0.0360. The number of carbonyl (C=O) groups is 1. The number of halogens is 3. The molecule has 0 N–H and O–H groups in total. The van der Waals surface area contributed by atoms with Crippen molar-refractivity contribution in [2.45, 2.75) is 78.1 Å². The second-order valence-corrected chi connectivity index (χ2v) is 6.39. The zero-order valence-corrected chi connectivity index (χ0v) is 15.5. The number of carbonyl (C=O) groups excluding carboxylic acids is 1. The van der Waals surface area contributed by atoms with Crippen molar-refractivity contribution in [3.8, 4) is 0 Å². The summed E-state index contributed by atoms with van der Waals surface area (Å²) in [5, 5.41) is 0. The lowest BCUT2D eigenvalue weighted by Gasteiger charge is -2.20. The summed E-state index contributed by atoms with van der Waals surface area (Å²) in [6.07, 6.45) is 6.36. The lowest BCUT2D eigenvalue weighted by molar-refractivity contribution is -0.166. The van der Waals surface area contributed by atoms with Crippen molar-refractivity contribution in [3.05, 3.63) is 9.15 Å². The topological polar surface area (TPSA) is 26.3 Å². The average molecular weight is 416 g/mol. The normalized spacial score (nSPS) is 13.0. The molecular formula is C16H27F2IO2. The zero-order chi connectivity index (χ0) is 16.3. The molecule has 0 heterocycles. The molecule has 0 atom stereocenters. The van der Waals surface area contributed by atoms with Gasteiger partial charge in [0.2, 0.25) is 0 Å². The maximum atomic E-state index is 14.3. The number of esters is 1. The van der Waals surface area contributed by atoms with Crippen LogP contribution >= 0.6 is 22.6 Å². The van der Waals surface area contributed by atoms with Gasteiger partial charge >= 0.3 is 11.9 Å². The minimum atomic E-state index is -3.49. The number of rotatable bonds is 11. The third-order valence-electron chi connectivity index (χ3n) is 3.27. The second-order valence-electron chi connectivity index (χ2n) is 5.09. The van der Waals surface area contributed by atoms with Crippen LogP contribution in [0.1, 0.15) is 72.1 Å². The third kappa shape index (κ3) is 7.56. The van der Waals surface area contributed by atoms with Crippen LogP contribution in [0, 0.1) is 0 Å². The smallest absolute Gasteiger partial charge is 0.381 e. The van der Waals surface area contributed by atoms with E-state index in [4.69, 9.17) is 0 Å². The molecule has 0 rings (SSSR count). The van der Waals surface area contributed by atoms with Gasteiger partial charge < -0.3 is 4.74 Å². The predicted molar refractivity (Wildman–Crippen MR) is 90.9 cm³/mol. The lowest BCUT2D eigenvalue weighted by atomic mass is 9.99. The van der Waals surface area contributed by atoms with Crippen LogP contribution in [0.5, 0.6) is 0 Å². The summed E-state index contributed by atoms with van der Waals surface area (Å²) in [7, 11) is 0. The van der Waals surface area contributed by atoms with E-state index in [0.717, 1.165) is 32.1 Å². The molecule has 5 heteroatoms. The van der Waals surface area contributed by atoms with E-state index >= 15 is 0 Å². The molecule has 0 fully saturated rings. The van der Waals surface area contributed by atoms with Crippen LogP contribution in [0.4, 0.5) is 8.78 Å². The van der Waals surface area contributed by atoms with Crippen LogP contribution < -0.4 is 0 Å². The van der Waals surface area contributed by atoms with Crippen molar-refractivity contribution >= 4 is 28.6 Å². The van der Waals surface area contributed by atoms with Crippen LogP contribution in [0.3, 0.4) is 0 Å². The quantitative estimate of drug-likeness (QED) is 0.233. The number of hydrogen-bond donors (Lipinski definition) is 0. The highest BCUT2D eigenvalue weighted by Crippen LogP contribution is 2.36. The molecule has 0 aromatic heterocycles. The van der Waals surface area contributed by atoms with Crippen LogP contribution in [0.25, 0.3) is 0 Å². The minimum absolute atomic E-state index is 0.0247. The van der Waals surface area contributed by atoms with Gasteiger partial charge in [-0.05, 0) is 58.8 Å². The zero-order valence-electron chi connectivity index (χ0n) is 13.3. The number of alkyl halides is 2. The Bertz CT molecular complexity index is 341. The molecule has 0 bridgehead atoms. The van der Waals surface area contributed by atoms with Gasteiger partial charge in [-0.1, -0.05) is 39.5 Å². The van der Waals surface area contributed by atoms with E-state index in [0.29, 0.717) is 16.4 Å². The summed E-state index contributed by atoms with van der Waals surface area (Å²) < 4.78 is 33.8. The molecule has 0 aliphatic carbocycles. The van der Waals surface area contributed by atoms with Crippen LogP contribution in [0.2, 0.25) is 0 Å². The Labute approximate surface area is 140 Å². The molecule has 0 saturated heterocycles. The van der Waals surface area contributed by atoms with E-state index in [9.17, 15) is 13.6 Å². The van der Waals surface area contributed by atoms with Crippen molar-refractivity contribution in [1.82, 2.24) is 0 Å². The molecule has 124 valence electrons. The molecule has 21 heavy (non-hydrogen) atoms. The first-order chi connectivity index (χ1) is 9.91. The van der Waals surface area contributed by atoms with Crippen molar-refractivity contribution in [2.75, 3.05) is 6.61 Å². The van der Waals surface area contributed by atoms with Crippen LogP contribution in [0.15, 0.2) is 9.15 Å². The van der Waals surface area contributed by atoms with Gasteiger partial charge in [-0.2, -0.15) is 8.78 Å². The van der Waals surface area contributed by atoms with Gasteiger partial charge in [-0.3, -0.25) is 0 Å². The van der Waals surface area contributed by atoms with Gasteiger partial charge in [-0.15, -0.1) is 0 Å². The fourth-order valence-electron chi connectivity index (χ4n) is 2.04. The largest absolute Gasteiger partial charge is 0.461 e. The molecule has 0 aromatic rings. The van der Waals surface area contributed by atoms with Gasteiger partial charge in [0.25, 0.3) is 0 Å². The molecule has 2 nitrogen and oxygen atoms in total. The van der Waals surface area contributed by atoms with Crippen LogP contribution in [-0.2, 0) is 9.53 Å². The molecule has 0 radical (unpaired) electrons. The maximum absolute atomic E-state index is 14.3. The highest BCUT2D eigenvalue weighted by molar-refractivity contribution is 14.1. The van der Waals surface area contributed by atoms with Crippen molar-refractivity contribution in [3.63, 3.8) is 0 Å². The Morgan fingerprint density at radius 2 is 1.52 bits per heavy atom. The summed E-state index contributed by atoms with van der Waals surface area (Å²) in [4.78, 5) is 11.6. The SMILES string of the molecule is CCCCC/C(I)=C(/CCCCC)C(F)(F)C(=O)OCC. The van der Waals surface area contributed by atoms with E-state index in [-0.39, 0.29) is 18.6 Å². The van der Waals surface area contributed by atoms with E-state index < -0.39 is 11.9 Å². The number of unbranched alkanes of at least 4 members (excludes halogenated alkanes) is 4. The van der Waals surface area contributed by atoms with Crippen LogP contribution in [-0.4, -0.2) is 18.5 Å². The first-order valence-corrected chi connectivity index (χ1v) is 8.92. The van der Waals surface area contributed by atoms with Gasteiger partial charge in [0.15, 0.2) is 0 Å². The molecule has 0 aliphatic heterocycles. The standard InChI is InChI=1S/C16H27F2IO2/c1-4-7-9-11-13(14(19)12-10-8-5-2)16(17,18)15(20)21-6-3/h4-12H2,1-3H3/b14-13+. The minimum Gasteiger partial charge on any atom is -0.461 e. The van der Waals surface area contributed by atoms with E-state index in [1.54, 1.807) is 6.92 Å². The van der Waals surface area contributed by atoms with Gasteiger partial charge in [0.05, 0.1) is 6.61 Å². The molecule has 0 aromatic carbocycles. The number of ether oxygens (including phenoxy) is 1. The highest BCUT2D eigenvalue weighted by Gasteiger charge is 2.45. The monoisotopic (exact) mass is 416 g/mol. The molecule has 0 amide bonds. The Kier molecular flexibility index (Phi) is 11.3. The fraction of sp³-hybridized carbons (Fsp3) is 0.812. The summed E-state index contributed by atoms with van der Waals surface area (Å²) in [6, 6.07) is 0. The van der Waals surface area contributed by atoms with Gasteiger partial charge in [0, 0.05) is 5.57 Å². The molecule has 0 unspecified atom stereocenters.